The maximum Gasteiger partial charge on any atom is 0.225 e. The molecule has 0 fully saturated rings. The summed E-state index contributed by atoms with van der Waals surface area (Å²) < 4.78 is 0. The Morgan fingerprint density at radius 3 is 1.62 bits per heavy atom. The Hall–Kier alpha value is -4.04. The van der Waals surface area contributed by atoms with Crippen LogP contribution in [0.5, 0.6) is 5.75 Å². The minimum atomic E-state index is -0.128. The summed E-state index contributed by atoms with van der Waals surface area (Å²) in [4.78, 5) is 24.1. The van der Waals surface area contributed by atoms with Crippen LogP contribution in [0.2, 0.25) is 0 Å². The third-order valence-corrected chi connectivity index (χ3v) is 6.30. The molecule has 0 aliphatic carbocycles. The lowest BCUT2D eigenvalue weighted by Gasteiger charge is -2.17. The van der Waals surface area contributed by atoms with E-state index in [9.17, 15) is 14.7 Å². The van der Waals surface area contributed by atoms with Gasteiger partial charge in [0, 0.05) is 30.8 Å². The van der Waals surface area contributed by atoms with Crippen LogP contribution in [0.4, 0.5) is 22.7 Å². The summed E-state index contributed by atoms with van der Waals surface area (Å²) in [7, 11) is 0. The van der Waals surface area contributed by atoms with Gasteiger partial charge in [0.15, 0.2) is 0 Å². The quantitative estimate of drug-likeness (QED) is 0.183. The minimum absolute atomic E-state index is 0.0463. The van der Waals surface area contributed by atoms with Gasteiger partial charge in [0.25, 0.3) is 0 Å². The van der Waals surface area contributed by atoms with E-state index >= 15 is 0 Å². The first-order chi connectivity index (χ1) is 18.7. The number of hydrogen-bond acceptors (Lipinski definition) is 6. The molecule has 0 saturated carbocycles. The molecule has 0 bridgehead atoms. The van der Waals surface area contributed by atoms with Gasteiger partial charge in [0.2, 0.25) is 11.8 Å². The number of carbonyl (C=O) groups excluding carboxylic acids is 2. The number of nitrogens with two attached hydrogens (primary N) is 1. The number of phenols is 1. The summed E-state index contributed by atoms with van der Waals surface area (Å²) in [5, 5.41) is 24.8. The number of hydrogen-bond donors (Lipinski definition) is 4. The lowest BCUT2D eigenvalue weighted by atomic mass is 9.90. The molecule has 8 nitrogen and oxygen atoms in total. The summed E-state index contributed by atoms with van der Waals surface area (Å²) >= 11 is 0. The minimum Gasteiger partial charge on any atom is -0.507 e. The van der Waals surface area contributed by atoms with Crippen LogP contribution in [0.25, 0.3) is 0 Å². The highest BCUT2D eigenvalue weighted by Crippen LogP contribution is 2.35. The van der Waals surface area contributed by atoms with Gasteiger partial charge in [0.05, 0.1) is 11.4 Å². The van der Waals surface area contributed by atoms with Crippen LogP contribution < -0.4 is 16.4 Å². The lowest BCUT2D eigenvalue weighted by Crippen LogP contribution is -2.15. The van der Waals surface area contributed by atoms with Crippen molar-refractivity contribution in [3.63, 3.8) is 0 Å². The first-order valence-corrected chi connectivity index (χ1v) is 13.4. The average Bonchev–Trinajstić information content (AvgIpc) is 2.89. The van der Waals surface area contributed by atoms with Gasteiger partial charge >= 0.3 is 0 Å². The maximum atomic E-state index is 12.5. The van der Waals surface area contributed by atoms with E-state index in [0.29, 0.717) is 47.9 Å². The number of benzene rings is 3. The van der Waals surface area contributed by atoms with Gasteiger partial charge < -0.3 is 21.5 Å². The highest BCUT2D eigenvalue weighted by Gasteiger charge is 2.15. The summed E-state index contributed by atoms with van der Waals surface area (Å²) in [5.74, 6) is 0.683. The Kier molecular flexibility index (Phi) is 10.8. The number of nitrogens with one attached hydrogen (secondary N) is 2. The molecule has 0 atom stereocenters. The number of aromatic hydroxyl groups is 1. The normalized spacial score (nSPS) is 11.4. The van der Waals surface area contributed by atoms with Gasteiger partial charge in [-0.3, -0.25) is 9.59 Å². The maximum absolute atomic E-state index is 12.5. The number of azo groups is 1. The fraction of sp³-hybridized carbons (Fsp3) is 0.355. The van der Waals surface area contributed by atoms with Crippen LogP contribution >= 0.6 is 0 Å². The molecule has 206 valence electrons. The van der Waals surface area contributed by atoms with Crippen LogP contribution in [-0.2, 0) is 16.0 Å². The monoisotopic (exact) mass is 529 g/mol. The fourth-order valence-corrected chi connectivity index (χ4v) is 4.14. The van der Waals surface area contributed by atoms with Crippen LogP contribution in [0.3, 0.4) is 0 Å². The predicted molar refractivity (Wildman–Crippen MR) is 157 cm³/mol. The number of amides is 2. The molecule has 0 aromatic heterocycles. The highest BCUT2D eigenvalue weighted by atomic mass is 16.3. The van der Waals surface area contributed by atoms with E-state index in [1.807, 2.05) is 0 Å². The molecular formula is C31H39N5O3. The van der Waals surface area contributed by atoms with Gasteiger partial charge in [-0.05, 0) is 89.9 Å². The second-order valence-electron chi connectivity index (χ2n) is 10.2. The van der Waals surface area contributed by atoms with Gasteiger partial charge in [-0.1, -0.05) is 39.8 Å². The zero-order valence-corrected chi connectivity index (χ0v) is 23.2. The third-order valence-electron chi connectivity index (χ3n) is 6.30. The zero-order valence-electron chi connectivity index (χ0n) is 23.2. The van der Waals surface area contributed by atoms with E-state index in [4.69, 9.17) is 5.73 Å². The molecule has 0 spiro atoms. The molecule has 3 aromatic carbocycles. The van der Waals surface area contributed by atoms with E-state index < -0.39 is 0 Å². The van der Waals surface area contributed by atoms with Crippen molar-refractivity contribution in [2.24, 2.45) is 16.0 Å². The van der Waals surface area contributed by atoms with Crippen molar-refractivity contribution in [2.45, 2.75) is 65.2 Å². The predicted octanol–water partition coefficient (Wildman–Crippen LogP) is 7.30. The topological polar surface area (TPSA) is 129 Å². The van der Waals surface area contributed by atoms with E-state index in [1.165, 1.54) is 0 Å². The molecule has 3 aromatic rings. The summed E-state index contributed by atoms with van der Waals surface area (Å²) in [6.07, 6.45) is 2.16. The van der Waals surface area contributed by atoms with E-state index in [0.717, 1.165) is 23.1 Å². The number of rotatable bonds is 12. The van der Waals surface area contributed by atoms with Crippen molar-refractivity contribution >= 4 is 34.6 Å². The molecular weight excluding hydrogens is 490 g/mol. The Morgan fingerprint density at radius 1 is 0.769 bits per heavy atom. The first kappa shape index (κ1) is 29.5. The number of carbonyl (C=O) groups is 2. The van der Waals surface area contributed by atoms with Crippen molar-refractivity contribution in [1.29, 1.82) is 0 Å². The molecule has 0 saturated heterocycles. The molecule has 0 aliphatic heterocycles. The van der Waals surface area contributed by atoms with Crippen molar-refractivity contribution in [3.8, 4) is 5.75 Å². The average molecular weight is 530 g/mol. The molecule has 39 heavy (non-hydrogen) atoms. The smallest absolute Gasteiger partial charge is 0.225 e. The number of phenolic OH excluding ortho intramolecular Hbond substituents is 1. The Morgan fingerprint density at radius 2 is 1.21 bits per heavy atom. The van der Waals surface area contributed by atoms with Crippen LogP contribution in [0.15, 0.2) is 70.9 Å². The van der Waals surface area contributed by atoms with Crippen molar-refractivity contribution < 1.29 is 14.7 Å². The van der Waals surface area contributed by atoms with Crippen LogP contribution in [0.1, 0.15) is 75.5 Å². The van der Waals surface area contributed by atoms with Gasteiger partial charge in [-0.2, -0.15) is 10.2 Å². The molecule has 0 heterocycles. The molecule has 8 heteroatoms. The fourth-order valence-electron chi connectivity index (χ4n) is 4.14. The number of nitrogens with zero attached hydrogens (tertiary/aromatic N) is 2. The van der Waals surface area contributed by atoms with E-state index in [2.05, 4.69) is 60.7 Å². The van der Waals surface area contributed by atoms with Crippen molar-refractivity contribution in [3.05, 3.63) is 77.4 Å². The SMILES string of the molecule is CC(C)c1cc(CCCC(=O)Nc2ccc(N=Nc3ccc(NC(=O)CCN)cc3)cc2)cc(C(C)C)c1O. The molecule has 0 radical (unpaired) electrons. The Balaban J connectivity index is 1.49. The standard InChI is InChI=1S/C31H39N5O3/c1-20(2)27-18-22(19-28(21(3)4)31(27)39)6-5-7-29(37)33-23-8-12-25(13-9-23)35-36-26-14-10-24(11-15-26)34-30(38)16-17-32/h8-15,18-21,39H,5-7,16-17,32H2,1-4H3,(H,33,37)(H,34,38). The molecule has 0 unspecified atom stereocenters. The van der Waals surface area contributed by atoms with Crippen LogP contribution in [0, 0.1) is 0 Å². The molecule has 0 aliphatic rings. The zero-order chi connectivity index (χ0) is 28.4. The van der Waals surface area contributed by atoms with Gasteiger partial charge in [0.1, 0.15) is 5.75 Å². The second-order valence-corrected chi connectivity index (χ2v) is 10.2. The summed E-state index contributed by atoms with van der Waals surface area (Å²) in [6, 6.07) is 18.3. The second kappa shape index (κ2) is 14.2. The Labute approximate surface area is 230 Å². The van der Waals surface area contributed by atoms with Crippen molar-refractivity contribution in [2.75, 3.05) is 17.2 Å². The van der Waals surface area contributed by atoms with Crippen LogP contribution in [-0.4, -0.2) is 23.5 Å². The third kappa shape index (κ3) is 9.04. The van der Waals surface area contributed by atoms with E-state index in [-0.39, 0.29) is 30.1 Å². The molecule has 3 rings (SSSR count). The summed E-state index contributed by atoms with van der Waals surface area (Å²) in [5.41, 5.74) is 11.1. The number of aryl methyl sites for hydroxylation is 1. The summed E-state index contributed by atoms with van der Waals surface area (Å²) in [6.45, 7) is 8.62. The Bertz CT molecular complexity index is 1250. The first-order valence-electron chi connectivity index (χ1n) is 13.4. The largest absolute Gasteiger partial charge is 0.507 e. The molecule has 2 amide bonds. The number of anilines is 2. The highest BCUT2D eigenvalue weighted by molar-refractivity contribution is 5.91. The van der Waals surface area contributed by atoms with Gasteiger partial charge in [-0.25, -0.2) is 0 Å². The van der Waals surface area contributed by atoms with E-state index in [1.54, 1.807) is 48.5 Å². The lowest BCUT2D eigenvalue weighted by molar-refractivity contribution is -0.117. The van der Waals surface area contributed by atoms with Gasteiger partial charge in [-0.15, -0.1) is 0 Å². The van der Waals surface area contributed by atoms with Crippen molar-refractivity contribution in [1.82, 2.24) is 0 Å². The molecule has 5 N–H and O–H groups in total.